The van der Waals surface area contributed by atoms with E-state index >= 15 is 0 Å². The minimum atomic E-state index is 0. The number of rotatable bonds is 4. The maximum atomic E-state index is 8.83. The van der Waals surface area contributed by atoms with Crippen LogP contribution in [0.2, 0.25) is 0 Å². The third-order valence-corrected chi connectivity index (χ3v) is 5.03. The lowest BCUT2D eigenvalue weighted by Gasteiger charge is -2.27. The van der Waals surface area contributed by atoms with Gasteiger partial charge in [0.15, 0.2) is 0 Å². The highest BCUT2D eigenvalue weighted by Crippen LogP contribution is 2.39. The van der Waals surface area contributed by atoms with Crippen LogP contribution in [-0.4, -0.2) is 18.1 Å². The molecule has 2 fully saturated rings. The summed E-state index contributed by atoms with van der Waals surface area (Å²) in [6, 6.07) is 11.7. The van der Waals surface area contributed by atoms with Gasteiger partial charge in [0.2, 0.25) is 0 Å². The molecule has 0 aromatic heterocycles. The molecule has 3 rings (SSSR count). The molecule has 3 nitrogen and oxygen atoms in total. The van der Waals surface area contributed by atoms with Gasteiger partial charge >= 0.3 is 0 Å². The molecule has 5 heteroatoms. The Morgan fingerprint density at radius 3 is 2.38 bits per heavy atom. The van der Waals surface area contributed by atoms with E-state index in [9.17, 15) is 0 Å². The van der Waals surface area contributed by atoms with Crippen LogP contribution in [0.5, 0.6) is 0 Å². The van der Waals surface area contributed by atoms with Crippen molar-refractivity contribution in [3.8, 4) is 6.07 Å². The third kappa shape index (κ3) is 5.50. The van der Waals surface area contributed by atoms with E-state index in [4.69, 9.17) is 11.0 Å². The Balaban J connectivity index is 0.00000144. The highest BCUT2D eigenvalue weighted by Gasteiger charge is 2.39. The molecule has 3 N–H and O–H groups in total. The first-order valence-electron chi connectivity index (χ1n) is 8.35. The van der Waals surface area contributed by atoms with Crippen molar-refractivity contribution in [1.29, 1.82) is 5.26 Å². The Labute approximate surface area is 157 Å². The first-order chi connectivity index (χ1) is 10.7. The molecule has 1 aromatic carbocycles. The SMILES string of the molecule is C/C(=C\c1ccc(C#N)cc1)C1CC1N[C@H]1CC[C@@H](N)CC1.Cl.Cl. The number of benzene rings is 1. The van der Waals surface area contributed by atoms with Gasteiger partial charge in [-0.2, -0.15) is 5.26 Å². The van der Waals surface area contributed by atoms with Crippen molar-refractivity contribution in [2.24, 2.45) is 11.7 Å². The summed E-state index contributed by atoms with van der Waals surface area (Å²) in [4.78, 5) is 0. The van der Waals surface area contributed by atoms with Gasteiger partial charge in [-0.05, 0) is 62.6 Å². The van der Waals surface area contributed by atoms with E-state index in [1.165, 1.54) is 30.4 Å². The zero-order chi connectivity index (χ0) is 15.5. The van der Waals surface area contributed by atoms with Gasteiger partial charge in [-0.25, -0.2) is 0 Å². The van der Waals surface area contributed by atoms with E-state index in [0.29, 0.717) is 24.0 Å². The molecule has 0 radical (unpaired) electrons. The molecule has 132 valence electrons. The Hall–Kier alpha value is -1.05. The van der Waals surface area contributed by atoms with Crippen molar-refractivity contribution in [1.82, 2.24) is 5.32 Å². The smallest absolute Gasteiger partial charge is 0.0991 e. The molecule has 0 bridgehead atoms. The molecule has 2 atom stereocenters. The molecule has 2 unspecified atom stereocenters. The second-order valence-electron chi connectivity index (χ2n) is 6.85. The molecule has 0 spiro atoms. The molecule has 2 saturated carbocycles. The summed E-state index contributed by atoms with van der Waals surface area (Å²) in [5.74, 6) is 0.672. The standard InChI is InChI=1S/C19H25N3.2ClH/c1-13(10-14-2-4-15(12-20)5-3-14)18-11-19(18)22-17-8-6-16(21)7-9-17;;/h2-5,10,16-19,22H,6-9,11,21H2,1H3;2*1H/b13-10+;;/t16-,17+,18?,19?;;. The van der Waals surface area contributed by atoms with Gasteiger partial charge in [0.25, 0.3) is 0 Å². The molecule has 0 aliphatic heterocycles. The summed E-state index contributed by atoms with van der Waals surface area (Å²) in [6.45, 7) is 2.22. The average Bonchev–Trinajstić information content (AvgIpc) is 3.30. The van der Waals surface area contributed by atoms with Crippen molar-refractivity contribution in [2.45, 2.75) is 57.2 Å². The van der Waals surface area contributed by atoms with Crippen LogP contribution in [0.15, 0.2) is 29.8 Å². The summed E-state index contributed by atoms with van der Waals surface area (Å²) < 4.78 is 0. The summed E-state index contributed by atoms with van der Waals surface area (Å²) in [7, 11) is 0. The number of hydrogen-bond acceptors (Lipinski definition) is 3. The molecular formula is C19H27Cl2N3. The van der Waals surface area contributed by atoms with Gasteiger partial charge in [0.1, 0.15) is 0 Å². The van der Waals surface area contributed by atoms with Crippen LogP contribution in [-0.2, 0) is 0 Å². The zero-order valence-electron chi connectivity index (χ0n) is 14.1. The van der Waals surface area contributed by atoms with Gasteiger partial charge in [-0.1, -0.05) is 23.8 Å². The number of hydrogen-bond donors (Lipinski definition) is 2. The van der Waals surface area contributed by atoms with E-state index in [0.717, 1.165) is 18.4 Å². The van der Waals surface area contributed by atoms with E-state index in [2.05, 4.69) is 24.4 Å². The second-order valence-corrected chi connectivity index (χ2v) is 6.85. The number of nitrogens with two attached hydrogens (primary N) is 1. The van der Waals surface area contributed by atoms with Crippen molar-refractivity contribution < 1.29 is 0 Å². The average molecular weight is 368 g/mol. The maximum Gasteiger partial charge on any atom is 0.0991 e. The van der Waals surface area contributed by atoms with E-state index < -0.39 is 0 Å². The quantitative estimate of drug-likeness (QED) is 0.843. The van der Waals surface area contributed by atoms with Crippen molar-refractivity contribution in [3.63, 3.8) is 0 Å². The second kappa shape index (κ2) is 9.44. The van der Waals surface area contributed by atoms with Gasteiger partial charge in [0.05, 0.1) is 11.6 Å². The fraction of sp³-hybridized carbons (Fsp3) is 0.526. The lowest BCUT2D eigenvalue weighted by molar-refractivity contribution is 0.338. The number of halogens is 2. The van der Waals surface area contributed by atoms with Crippen LogP contribution >= 0.6 is 24.8 Å². The molecule has 0 saturated heterocycles. The monoisotopic (exact) mass is 367 g/mol. The van der Waals surface area contributed by atoms with Gasteiger partial charge < -0.3 is 11.1 Å². The fourth-order valence-electron chi connectivity index (χ4n) is 3.49. The highest BCUT2D eigenvalue weighted by atomic mass is 35.5. The topological polar surface area (TPSA) is 61.8 Å². The van der Waals surface area contributed by atoms with Gasteiger partial charge in [0, 0.05) is 18.1 Å². The summed E-state index contributed by atoms with van der Waals surface area (Å²) >= 11 is 0. The van der Waals surface area contributed by atoms with Crippen LogP contribution in [0.3, 0.4) is 0 Å². The largest absolute Gasteiger partial charge is 0.328 e. The van der Waals surface area contributed by atoms with Crippen LogP contribution < -0.4 is 11.1 Å². The van der Waals surface area contributed by atoms with Crippen LogP contribution in [0.4, 0.5) is 0 Å². The van der Waals surface area contributed by atoms with E-state index in [-0.39, 0.29) is 24.8 Å². The first kappa shape index (κ1) is 21.0. The molecule has 24 heavy (non-hydrogen) atoms. The molecule has 1 aromatic rings. The fourth-order valence-corrected chi connectivity index (χ4v) is 3.49. The zero-order valence-corrected chi connectivity index (χ0v) is 15.7. The van der Waals surface area contributed by atoms with E-state index in [1.54, 1.807) is 0 Å². The van der Waals surface area contributed by atoms with Crippen molar-refractivity contribution in [2.75, 3.05) is 0 Å². The lowest BCUT2D eigenvalue weighted by atomic mass is 9.92. The minimum absolute atomic E-state index is 0. The van der Waals surface area contributed by atoms with Gasteiger partial charge in [-0.15, -0.1) is 24.8 Å². The molecule has 0 amide bonds. The molecule has 0 heterocycles. The van der Waals surface area contributed by atoms with Crippen LogP contribution in [0, 0.1) is 17.2 Å². The summed E-state index contributed by atoms with van der Waals surface area (Å²) in [6.07, 6.45) is 8.28. The van der Waals surface area contributed by atoms with Gasteiger partial charge in [-0.3, -0.25) is 0 Å². The number of nitrogens with zero attached hydrogens (tertiary/aromatic N) is 1. The van der Waals surface area contributed by atoms with Crippen molar-refractivity contribution >= 4 is 30.9 Å². The normalized spacial score (nSPS) is 29.0. The van der Waals surface area contributed by atoms with Crippen LogP contribution in [0.1, 0.15) is 50.2 Å². The lowest BCUT2D eigenvalue weighted by Crippen LogP contribution is -2.38. The Bertz CT molecular complexity index is 584. The van der Waals surface area contributed by atoms with Crippen LogP contribution in [0.25, 0.3) is 6.08 Å². The Morgan fingerprint density at radius 1 is 1.17 bits per heavy atom. The maximum absolute atomic E-state index is 8.83. The highest BCUT2D eigenvalue weighted by molar-refractivity contribution is 5.85. The Morgan fingerprint density at radius 2 is 1.79 bits per heavy atom. The predicted octanol–water partition coefficient (Wildman–Crippen LogP) is 4.05. The number of nitriles is 1. The molecular weight excluding hydrogens is 341 g/mol. The van der Waals surface area contributed by atoms with E-state index in [1.807, 2.05) is 24.3 Å². The summed E-state index contributed by atoms with van der Waals surface area (Å²) in [5.41, 5.74) is 9.31. The molecule has 2 aliphatic rings. The Kier molecular flexibility index (Phi) is 8.26. The third-order valence-electron chi connectivity index (χ3n) is 5.03. The molecule has 2 aliphatic carbocycles. The predicted molar refractivity (Wildman–Crippen MR) is 105 cm³/mol. The number of nitrogens with one attached hydrogen (secondary N) is 1. The summed E-state index contributed by atoms with van der Waals surface area (Å²) in [5, 5.41) is 12.6. The first-order valence-corrected chi connectivity index (χ1v) is 8.35. The van der Waals surface area contributed by atoms with Crippen molar-refractivity contribution in [3.05, 3.63) is 41.0 Å². The minimum Gasteiger partial charge on any atom is -0.328 e.